The van der Waals surface area contributed by atoms with E-state index in [0.717, 1.165) is 12.1 Å². The van der Waals surface area contributed by atoms with Crippen LogP contribution in [0, 0.1) is 0 Å². The van der Waals surface area contributed by atoms with Crippen molar-refractivity contribution in [2.75, 3.05) is 18.5 Å². The van der Waals surface area contributed by atoms with E-state index >= 15 is 0 Å². The van der Waals surface area contributed by atoms with Crippen LogP contribution >= 0.6 is 7.26 Å². The van der Waals surface area contributed by atoms with E-state index in [-0.39, 0.29) is 17.0 Å². The predicted molar refractivity (Wildman–Crippen MR) is 112 cm³/mol. The van der Waals surface area contributed by atoms with Gasteiger partial charge in [-0.1, -0.05) is 40.0 Å². The number of esters is 1. The third-order valence-corrected chi connectivity index (χ3v) is 9.32. The number of hydrogen-bond acceptors (Lipinski definition) is 4. The Labute approximate surface area is 177 Å². The summed E-state index contributed by atoms with van der Waals surface area (Å²) in [5, 5.41) is 0. The molecule has 0 radical (unpaired) electrons. The summed E-state index contributed by atoms with van der Waals surface area (Å²) >= 11 is 0. The van der Waals surface area contributed by atoms with Gasteiger partial charge in [0, 0.05) is 7.26 Å². The monoisotopic (exact) mass is 463 g/mol. The number of aromatic nitrogens is 1. The Balaban J connectivity index is 0.00000676. The minimum atomic E-state index is -1.13. The Hall–Kier alpha value is -0.410. The van der Waals surface area contributed by atoms with Gasteiger partial charge >= 0.3 is 5.97 Å². The molecule has 0 aliphatic rings. The molecule has 1 aromatic heterocycles. The molecule has 0 fully saturated rings. The van der Waals surface area contributed by atoms with Gasteiger partial charge in [-0.2, -0.15) is 0 Å². The fraction of sp³-hybridized carbons (Fsp3) is 0.810. The summed E-state index contributed by atoms with van der Waals surface area (Å²) in [6, 6.07) is 0. The van der Waals surface area contributed by atoms with Crippen molar-refractivity contribution in [2.45, 2.75) is 91.8 Å². The zero-order valence-corrected chi connectivity index (χ0v) is 20.6. The molecule has 158 valence electrons. The number of ether oxygens (including phenoxy) is 1. The summed E-state index contributed by atoms with van der Waals surface area (Å²) in [7, 11) is -1.13. The zero-order chi connectivity index (χ0) is 19.6. The Morgan fingerprint density at radius 1 is 1.04 bits per heavy atom. The third-order valence-electron chi connectivity index (χ3n) is 4.59. The lowest BCUT2D eigenvalue weighted by molar-refractivity contribution is -0.000197. The summed E-state index contributed by atoms with van der Waals surface area (Å²) in [4.78, 5) is 16.7. The third kappa shape index (κ3) is 10.1. The molecule has 0 aliphatic carbocycles. The molecule has 1 heterocycles. The molecule has 0 atom stereocenters. The molecule has 0 aromatic carbocycles. The van der Waals surface area contributed by atoms with Crippen molar-refractivity contribution in [3.05, 3.63) is 17.8 Å². The van der Waals surface area contributed by atoms with Crippen LogP contribution in [0.25, 0.3) is 0 Å². The van der Waals surface area contributed by atoms with Crippen molar-refractivity contribution in [1.29, 1.82) is 0 Å². The van der Waals surface area contributed by atoms with E-state index in [9.17, 15) is 4.79 Å². The van der Waals surface area contributed by atoms with Gasteiger partial charge in [0.25, 0.3) is 0 Å². The van der Waals surface area contributed by atoms with Gasteiger partial charge in [0.05, 0.1) is 18.5 Å². The normalized spacial score (nSPS) is 11.9. The van der Waals surface area contributed by atoms with Gasteiger partial charge in [-0.25, -0.2) is 9.78 Å². The predicted octanol–water partition coefficient (Wildman–Crippen LogP) is 3.55. The van der Waals surface area contributed by atoms with Crippen molar-refractivity contribution in [1.82, 2.24) is 4.98 Å². The van der Waals surface area contributed by atoms with Crippen LogP contribution in [0.4, 0.5) is 0 Å². The van der Waals surface area contributed by atoms with E-state index < -0.39 is 18.8 Å². The number of unbranched alkanes of at least 4 members (excludes halogenated alkanes) is 3. The maximum atomic E-state index is 12.2. The summed E-state index contributed by atoms with van der Waals surface area (Å²) in [5.74, 6) is 0.328. The van der Waals surface area contributed by atoms with E-state index in [1.165, 1.54) is 63.3 Å². The molecule has 0 N–H and O–H groups in total. The topological polar surface area (TPSA) is 52.3 Å². The molecule has 0 bridgehead atoms. The Kier molecular flexibility index (Phi) is 12.7. The number of rotatable bonds is 12. The lowest BCUT2D eigenvalue weighted by Gasteiger charge is -2.26. The fourth-order valence-corrected chi connectivity index (χ4v) is 7.97. The Morgan fingerprint density at radius 2 is 1.52 bits per heavy atom. The number of oxazole rings is 1. The van der Waals surface area contributed by atoms with Crippen LogP contribution in [-0.4, -0.2) is 35.0 Å². The fourth-order valence-electron chi connectivity index (χ4n) is 3.15. The molecule has 4 nitrogen and oxygen atoms in total. The number of carbonyl (C=O) groups is 1. The average molecular weight is 464 g/mol. The van der Waals surface area contributed by atoms with E-state index in [1.54, 1.807) is 0 Å². The maximum absolute atomic E-state index is 12.2. The van der Waals surface area contributed by atoms with Gasteiger partial charge in [0.2, 0.25) is 5.89 Å². The highest BCUT2D eigenvalue weighted by Crippen LogP contribution is 2.63. The second-order valence-corrected chi connectivity index (χ2v) is 12.7. The minimum absolute atomic E-state index is 0. The van der Waals surface area contributed by atoms with Crippen molar-refractivity contribution >= 4 is 13.2 Å². The largest absolute Gasteiger partial charge is 1.00 e. The second-order valence-electron chi connectivity index (χ2n) is 8.36. The van der Waals surface area contributed by atoms with Gasteiger partial charge < -0.3 is 26.1 Å². The molecule has 1 aromatic rings. The molecule has 0 spiro atoms. The van der Waals surface area contributed by atoms with E-state index in [4.69, 9.17) is 9.15 Å². The van der Waals surface area contributed by atoms with Crippen molar-refractivity contribution in [3.8, 4) is 0 Å². The number of hydrogen-bond donors (Lipinski definition) is 0. The Morgan fingerprint density at radius 3 is 1.93 bits per heavy atom. The molecule has 0 unspecified atom stereocenters. The van der Waals surface area contributed by atoms with Gasteiger partial charge in [0.15, 0.2) is 5.69 Å². The summed E-state index contributed by atoms with van der Waals surface area (Å²) < 4.78 is 11.1. The lowest BCUT2D eigenvalue weighted by atomic mass is 10.2. The second kappa shape index (κ2) is 12.9. The molecular formula is C21H39BrNO3P. The first-order valence-electron chi connectivity index (χ1n) is 10.3. The number of nitrogens with zero attached hydrogens (tertiary/aromatic N) is 1. The van der Waals surface area contributed by atoms with Crippen LogP contribution in [0.2, 0.25) is 0 Å². The smallest absolute Gasteiger partial charge is 0.360 e. The molecule has 1 rings (SSSR count). The highest BCUT2D eigenvalue weighted by molar-refractivity contribution is 7.75. The zero-order valence-electron chi connectivity index (χ0n) is 18.1. The Bertz CT molecular complexity index is 518. The van der Waals surface area contributed by atoms with E-state index in [0.29, 0.717) is 5.69 Å². The van der Waals surface area contributed by atoms with Crippen LogP contribution in [0.5, 0.6) is 0 Å². The highest BCUT2D eigenvalue weighted by atomic mass is 79.9. The van der Waals surface area contributed by atoms with Crippen LogP contribution in [-0.2, 0) is 10.9 Å². The lowest BCUT2D eigenvalue weighted by Crippen LogP contribution is -3.00. The van der Waals surface area contributed by atoms with Gasteiger partial charge in [-0.15, -0.1) is 0 Å². The average Bonchev–Trinajstić information content (AvgIpc) is 3.03. The molecule has 0 saturated heterocycles. The highest BCUT2D eigenvalue weighted by Gasteiger charge is 2.38. The van der Waals surface area contributed by atoms with Crippen LogP contribution < -0.4 is 17.0 Å². The van der Waals surface area contributed by atoms with Crippen molar-refractivity contribution in [3.63, 3.8) is 0 Å². The summed E-state index contributed by atoms with van der Waals surface area (Å²) in [6.45, 7) is 12.4. The molecular weight excluding hydrogens is 425 g/mol. The van der Waals surface area contributed by atoms with Crippen molar-refractivity contribution < 1.29 is 30.9 Å². The van der Waals surface area contributed by atoms with Crippen LogP contribution in [0.3, 0.4) is 0 Å². The van der Waals surface area contributed by atoms with Gasteiger partial charge in [-0.3, -0.25) is 0 Å². The van der Waals surface area contributed by atoms with Gasteiger partial charge in [0.1, 0.15) is 18.0 Å². The maximum Gasteiger partial charge on any atom is 0.360 e. The van der Waals surface area contributed by atoms with E-state index in [1.807, 2.05) is 20.8 Å². The minimum Gasteiger partial charge on any atom is -1.00 e. The van der Waals surface area contributed by atoms with Crippen molar-refractivity contribution in [2.24, 2.45) is 0 Å². The van der Waals surface area contributed by atoms with E-state index in [2.05, 4.69) is 25.8 Å². The van der Waals surface area contributed by atoms with Crippen LogP contribution in [0.1, 0.15) is 96.4 Å². The molecule has 6 heteroatoms. The SMILES string of the molecule is CCCC[P+](CCCC)(CCCC)Cc1nc(C(=O)OC(C)(C)C)co1.[Br-]. The first kappa shape index (κ1) is 26.6. The summed E-state index contributed by atoms with van der Waals surface area (Å²) in [6.07, 6.45) is 13.9. The number of halogens is 1. The summed E-state index contributed by atoms with van der Waals surface area (Å²) in [5.41, 5.74) is -0.217. The molecule has 0 saturated carbocycles. The quantitative estimate of drug-likeness (QED) is 0.351. The first-order chi connectivity index (χ1) is 12.2. The molecule has 0 aliphatic heterocycles. The number of carbonyl (C=O) groups excluding carboxylic acids is 1. The molecule has 27 heavy (non-hydrogen) atoms. The standard InChI is InChI=1S/C21H39NO3P.BrH/c1-7-10-13-26(14-11-8-2,15-12-9-3)17-19-22-18(16-24-19)20(23)25-21(4,5)6;/h16H,7-15,17H2,1-6H3;1H/q+1;/p-1. The first-order valence-corrected chi connectivity index (χ1v) is 12.8. The van der Waals surface area contributed by atoms with Gasteiger partial charge in [-0.05, 0) is 40.0 Å². The van der Waals surface area contributed by atoms with Crippen LogP contribution in [0.15, 0.2) is 10.7 Å². The molecule has 0 amide bonds.